The summed E-state index contributed by atoms with van der Waals surface area (Å²) in [4.78, 5) is 36.5. The van der Waals surface area contributed by atoms with Crippen molar-refractivity contribution in [3.05, 3.63) is 48.0 Å². The molecule has 0 fully saturated rings. The lowest BCUT2D eigenvalue weighted by Gasteiger charge is -2.09. The van der Waals surface area contributed by atoms with Crippen LogP contribution in [0.25, 0.3) is 22.0 Å². The maximum Gasteiger partial charge on any atom is 0.320 e. The van der Waals surface area contributed by atoms with Crippen molar-refractivity contribution in [2.45, 2.75) is 27.2 Å². The number of ketones is 1. The minimum absolute atomic E-state index is 0.0208. The summed E-state index contributed by atoms with van der Waals surface area (Å²) >= 11 is 0. The van der Waals surface area contributed by atoms with Crippen LogP contribution in [0.2, 0.25) is 0 Å². The minimum Gasteiger partial charge on any atom is -0.338 e. The molecule has 0 saturated heterocycles. The number of pyridine rings is 3. The Balaban J connectivity index is 1.91. The minimum atomic E-state index is -0.294. The number of carbonyl (C=O) groups is 2. The summed E-state index contributed by atoms with van der Waals surface area (Å²) in [6.07, 6.45) is 5.54. The summed E-state index contributed by atoms with van der Waals surface area (Å²) < 4.78 is 0. The molecule has 0 saturated carbocycles. The SMILES string of the molecule is CCNC(=O)Nc1cc2cnc(-c3cnc(C(=O)CC)cc3C)cc2cn1. The van der Waals surface area contributed by atoms with Crippen molar-refractivity contribution in [3.63, 3.8) is 0 Å². The lowest BCUT2D eigenvalue weighted by atomic mass is 10.0. The van der Waals surface area contributed by atoms with Crippen LogP contribution in [-0.4, -0.2) is 33.3 Å². The number of aryl methyl sites for hydroxylation is 1. The Hall–Kier alpha value is -3.35. The highest BCUT2D eigenvalue weighted by atomic mass is 16.2. The van der Waals surface area contributed by atoms with Crippen molar-refractivity contribution in [2.75, 3.05) is 11.9 Å². The second kappa shape index (κ2) is 7.90. The van der Waals surface area contributed by atoms with Crippen LogP contribution in [-0.2, 0) is 0 Å². The number of fused-ring (bicyclic) bond motifs is 1. The standard InChI is InChI=1S/C20H21N5O2/c1-4-18(26)17-6-12(3)15(11-23-17)16-7-13-10-24-19(8-14(13)9-22-16)25-20(27)21-5-2/h6-11H,4-5H2,1-3H3,(H2,21,24,25,27). The summed E-state index contributed by atoms with van der Waals surface area (Å²) in [6, 6.07) is 5.20. The predicted octanol–water partition coefficient (Wildman–Crippen LogP) is 3.73. The van der Waals surface area contributed by atoms with Gasteiger partial charge in [-0.25, -0.2) is 9.78 Å². The van der Waals surface area contributed by atoms with Gasteiger partial charge in [-0.2, -0.15) is 0 Å². The Bertz CT molecular complexity index is 1020. The molecule has 27 heavy (non-hydrogen) atoms. The van der Waals surface area contributed by atoms with Crippen molar-refractivity contribution in [3.8, 4) is 11.3 Å². The van der Waals surface area contributed by atoms with Gasteiger partial charge in [0.25, 0.3) is 0 Å². The smallest absolute Gasteiger partial charge is 0.320 e. The molecule has 138 valence electrons. The van der Waals surface area contributed by atoms with Gasteiger partial charge in [-0.15, -0.1) is 0 Å². The fourth-order valence-electron chi connectivity index (χ4n) is 2.73. The van der Waals surface area contributed by atoms with E-state index in [1.807, 2.05) is 26.8 Å². The largest absolute Gasteiger partial charge is 0.338 e. The Kier molecular flexibility index (Phi) is 5.40. The van der Waals surface area contributed by atoms with Crippen molar-refractivity contribution in [1.29, 1.82) is 0 Å². The number of hydrogen-bond donors (Lipinski definition) is 2. The Morgan fingerprint density at radius 3 is 2.41 bits per heavy atom. The summed E-state index contributed by atoms with van der Waals surface area (Å²) in [5.41, 5.74) is 3.04. The van der Waals surface area contributed by atoms with E-state index in [0.717, 1.165) is 27.6 Å². The maximum absolute atomic E-state index is 11.8. The first kappa shape index (κ1) is 18.4. The fraction of sp³-hybridized carbons (Fsp3) is 0.250. The Morgan fingerprint density at radius 1 is 0.963 bits per heavy atom. The summed E-state index contributed by atoms with van der Waals surface area (Å²) in [7, 11) is 0. The van der Waals surface area contributed by atoms with Crippen molar-refractivity contribution in [2.24, 2.45) is 0 Å². The normalized spacial score (nSPS) is 10.6. The Morgan fingerprint density at radius 2 is 1.70 bits per heavy atom. The highest BCUT2D eigenvalue weighted by Crippen LogP contribution is 2.25. The summed E-state index contributed by atoms with van der Waals surface area (Å²) in [5.74, 6) is 0.482. The molecular formula is C20H21N5O2. The van der Waals surface area contributed by atoms with Crippen LogP contribution in [0, 0.1) is 6.92 Å². The second-order valence-corrected chi connectivity index (χ2v) is 6.13. The van der Waals surface area contributed by atoms with Gasteiger partial charge in [0.1, 0.15) is 11.5 Å². The first-order valence-corrected chi connectivity index (χ1v) is 8.82. The number of rotatable bonds is 5. The number of urea groups is 1. The molecule has 2 amide bonds. The van der Waals surface area contributed by atoms with Gasteiger partial charge in [-0.1, -0.05) is 6.92 Å². The number of anilines is 1. The molecular weight excluding hydrogens is 342 g/mol. The van der Waals surface area contributed by atoms with Gasteiger partial charge < -0.3 is 5.32 Å². The molecule has 7 nitrogen and oxygen atoms in total. The summed E-state index contributed by atoms with van der Waals surface area (Å²) in [5, 5.41) is 7.10. The van der Waals surface area contributed by atoms with Crippen molar-refractivity contribution >= 4 is 28.4 Å². The number of hydrogen-bond acceptors (Lipinski definition) is 5. The van der Waals surface area contributed by atoms with E-state index in [2.05, 4.69) is 25.6 Å². The molecule has 3 rings (SSSR count). The third-order valence-electron chi connectivity index (χ3n) is 4.18. The number of carbonyl (C=O) groups excluding carboxylic acids is 2. The van der Waals surface area contributed by atoms with Gasteiger partial charge in [-0.3, -0.25) is 20.1 Å². The average Bonchev–Trinajstić information content (AvgIpc) is 2.67. The van der Waals surface area contributed by atoms with Crippen LogP contribution >= 0.6 is 0 Å². The van der Waals surface area contributed by atoms with E-state index in [1.54, 1.807) is 30.7 Å². The highest BCUT2D eigenvalue weighted by molar-refractivity contribution is 5.95. The van der Waals surface area contributed by atoms with Gasteiger partial charge in [0.15, 0.2) is 5.78 Å². The zero-order valence-corrected chi connectivity index (χ0v) is 15.5. The molecule has 0 spiro atoms. The third-order valence-corrected chi connectivity index (χ3v) is 4.18. The van der Waals surface area contributed by atoms with E-state index >= 15 is 0 Å². The highest BCUT2D eigenvalue weighted by Gasteiger charge is 2.11. The van der Waals surface area contributed by atoms with E-state index in [-0.39, 0.29) is 11.8 Å². The van der Waals surface area contributed by atoms with E-state index in [1.165, 1.54) is 0 Å². The average molecular weight is 363 g/mol. The molecule has 0 aromatic carbocycles. The molecule has 7 heteroatoms. The van der Waals surface area contributed by atoms with Crippen LogP contribution in [0.15, 0.2) is 36.8 Å². The molecule has 0 bridgehead atoms. The lowest BCUT2D eigenvalue weighted by Crippen LogP contribution is -2.28. The van der Waals surface area contributed by atoms with E-state index in [4.69, 9.17) is 0 Å². The van der Waals surface area contributed by atoms with Crippen molar-refractivity contribution < 1.29 is 9.59 Å². The quantitative estimate of drug-likeness (QED) is 0.673. The zero-order valence-electron chi connectivity index (χ0n) is 15.5. The van der Waals surface area contributed by atoms with Crippen molar-refractivity contribution in [1.82, 2.24) is 20.3 Å². The lowest BCUT2D eigenvalue weighted by molar-refractivity contribution is 0.0983. The second-order valence-electron chi connectivity index (χ2n) is 6.13. The maximum atomic E-state index is 11.8. The molecule has 3 aromatic rings. The van der Waals surface area contributed by atoms with Gasteiger partial charge in [-0.05, 0) is 37.6 Å². The van der Waals surface area contributed by atoms with Gasteiger partial charge in [0, 0.05) is 47.9 Å². The fourth-order valence-corrected chi connectivity index (χ4v) is 2.73. The molecule has 3 aromatic heterocycles. The number of Topliss-reactive ketones (excluding diaryl/α,β-unsaturated/α-hetero) is 1. The number of aromatic nitrogens is 3. The molecule has 0 atom stereocenters. The Labute approximate surface area is 157 Å². The van der Waals surface area contributed by atoms with Crippen LogP contribution in [0.3, 0.4) is 0 Å². The topological polar surface area (TPSA) is 96.9 Å². The number of nitrogens with zero attached hydrogens (tertiary/aromatic N) is 3. The van der Waals surface area contributed by atoms with Gasteiger partial charge in [0.2, 0.25) is 0 Å². The molecule has 3 heterocycles. The van der Waals surface area contributed by atoms with E-state index in [0.29, 0.717) is 24.5 Å². The molecule has 0 unspecified atom stereocenters. The number of amides is 2. The molecule has 0 aliphatic carbocycles. The molecule has 2 N–H and O–H groups in total. The zero-order chi connectivity index (χ0) is 19.4. The van der Waals surface area contributed by atoms with Crippen LogP contribution in [0.4, 0.5) is 10.6 Å². The summed E-state index contributed by atoms with van der Waals surface area (Å²) in [6.45, 7) is 6.15. The van der Waals surface area contributed by atoms with Crippen LogP contribution in [0.5, 0.6) is 0 Å². The van der Waals surface area contributed by atoms with E-state index < -0.39 is 0 Å². The van der Waals surface area contributed by atoms with Crippen LogP contribution < -0.4 is 10.6 Å². The monoisotopic (exact) mass is 363 g/mol. The third kappa shape index (κ3) is 4.08. The molecule has 0 aliphatic heterocycles. The van der Waals surface area contributed by atoms with Gasteiger partial charge >= 0.3 is 6.03 Å². The van der Waals surface area contributed by atoms with Crippen LogP contribution in [0.1, 0.15) is 36.3 Å². The van der Waals surface area contributed by atoms with Gasteiger partial charge in [0.05, 0.1) is 5.69 Å². The van der Waals surface area contributed by atoms with E-state index in [9.17, 15) is 9.59 Å². The first-order valence-electron chi connectivity index (χ1n) is 8.82. The number of nitrogens with one attached hydrogen (secondary N) is 2. The first-order chi connectivity index (χ1) is 13.0. The molecule has 0 aliphatic rings. The molecule has 0 radical (unpaired) electrons. The predicted molar refractivity (Wildman–Crippen MR) is 105 cm³/mol.